The first kappa shape index (κ1) is 7.50. The van der Waals surface area contributed by atoms with Gasteiger partial charge in [0.1, 0.15) is 0 Å². The van der Waals surface area contributed by atoms with E-state index in [-0.39, 0.29) is 0 Å². The Hall–Kier alpha value is -0.603. The first-order valence-electron chi connectivity index (χ1n) is 3.36. The van der Waals surface area contributed by atoms with Crippen LogP contribution in [0.5, 0.6) is 0 Å². The molecule has 0 aliphatic heterocycles. The Balaban J connectivity index is 2.43. The minimum absolute atomic E-state index is 0.504. The minimum atomic E-state index is 0.504. The molecule has 1 rings (SSSR count). The van der Waals surface area contributed by atoms with Gasteiger partial charge in [-0.2, -0.15) is 0 Å². The molecule has 0 aromatic heterocycles. The quantitative estimate of drug-likeness (QED) is 0.583. The lowest BCUT2D eigenvalue weighted by Gasteiger charge is -1.96. The van der Waals surface area contributed by atoms with Crippen molar-refractivity contribution in [3.05, 3.63) is 30.3 Å². The van der Waals surface area contributed by atoms with Gasteiger partial charge in [-0.25, -0.2) is 0 Å². The summed E-state index contributed by atoms with van der Waals surface area (Å²) in [5, 5.41) is 1.27. The Morgan fingerprint density at radius 2 is 2.00 bits per heavy atom. The molecule has 1 aromatic carbocycles. The van der Waals surface area contributed by atoms with Crippen LogP contribution >= 0.6 is 0 Å². The van der Waals surface area contributed by atoms with Crippen molar-refractivity contribution in [3.63, 3.8) is 0 Å². The van der Waals surface area contributed by atoms with Crippen molar-refractivity contribution in [2.75, 3.05) is 6.61 Å². The van der Waals surface area contributed by atoms with E-state index < -0.39 is 0 Å². The number of rotatable bonds is 3. The molecular weight excluding hydrogens is 140 g/mol. The summed E-state index contributed by atoms with van der Waals surface area (Å²) in [6, 6.07) is 10.2. The van der Waals surface area contributed by atoms with E-state index in [9.17, 15) is 0 Å². The molecule has 0 heterocycles. The van der Waals surface area contributed by atoms with Crippen LogP contribution in [0.1, 0.15) is 6.92 Å². The molecule has 0 aliphatic carbocycles. The Kier molecular flexibility index (Phi) is 3.19. The molecule has 0 N–H and O–H groups in total. The van der Waals surface area contributed by atoms with Gasteiger partial charge in [-0.05, 0) is 12.1 Å². The van der Waals surface area contributed by atoms with Gasteiger partial charge in [0.2, 0.25) is 0 Å². The normalized spacial score (nSPS) is 9.70. The van der Waals surface area contributed by atoms with E-state index in [4.69, 9.17) is 4.43 Å². The first-order chi connectivity index (χ1) is 4.93. The molecule has 0 saturated heterocycles. The standard InChI is InChI=1S/C8H10OSi/c1-2-9-10-8-6-4-3-5-7-8/h3-7H,2H2,1H3. The highest BCUT2D eigenvalue weighted by atomic mass is 28.2. The van der Waals surface area contributed by atoms with Crippen LogP contribution in [0.25, 0.3) is 0 Å². The second-order valence-corrected chi connectivity index (χ2v) is 2.97. The van der Waals surface area contributed by atoms with Gasteiger partial charge >= 0.3 is 0 Å². The van der Waals surface area contributed by atoms with E-state index in [0.29, 0.717) is 9.76 Å². The van der Waals surface area contributed by atoms with Gasteiger partial charge in [-0.3, -0.25) is 0 Å². The maximum absolute atomic E-state index is 5.25. The molecule has 2 radical (unpaired) electrons. The summed E-state index contributed by atoms with van der Waals surface area (Å²) in [5.41, 5.74) is 0. The van der Waals surface area contributed by atoms with E-state index in [0.717, 1.165) is 6.61 Å². The molecule has 0 aliphatic rings. The fourth-order valence-electron chi connectivity index (χ4n) is 0.662. The third kappa shape index (κ3) is 2.33. The molecule has 1 aromatic rings. The van der Waals surface area contributed by atoms with Gasteiger partial charge in [-0.15, -0.1) is 0 Å². The number of hydrogen-bond acceptors (Lipinski definition) is 1. The van der Waals surface area contributed by atoms with Gasteiger partial charge in [0, 0.05) is 6.61 Å². The summed E-state index contributed by atoms with van der Waals surface area (Å²) < 4.78 is 5.25. The third-order valence-electron chi connectivity index (χ3n) is 1.11. The van der Waals surface area contributed by atoms with E-state index in [1.54, 1.807) is 0 Å². The summed E-state index contributed by atoms with van der Waals surface area (Å²) in [5.74, 6) is 0. The average molecular weight is 150 g/mol. The predicted octanol–water partition coefficient (Wildman–Crippen LogP) is 0.968. The molecule has 0 fully saturated rings. The van der Waals surface area contributed by atoms with Crippen LogP contribution in [-0.4, -0.2) is 16.4 Å². The molecule has 10 heavy (non-hydrogen) atoms. The lowest BCUT2D eigenvalue weighted by atomic mass is 10.4. The Morgan fingerprint density at radius 3 is 2.60 bits per heavy atom. The van der Waals surface area contributed by atoms with Gasteiger partial charge in [0.05, 0.1) is 0 Å². The zero-order valence-corrected chi connectivity index (χ0v) is 7.00. The number of benzene rings is 1. The summed E-state index contributed by atoms with van der Waals surface area (Å²) in [4.78, 5) is 0. The van der Waals surface area contributed by atoms with Crippen molar-refractivity contribution in [1.29, 1.82) is 0 Å². The Bertz CT molecular complexity index is 174. The molecule has 52 valence electrons. The molecule has 0 atom stereocenters. The van der Waals surface area contributed by atoms with Gasteiger partial charge < -0.3 is 4.43 Å². The lowest BCUT2D eigenvalue weighted by molar-refractivity contribution is 0.367. The molecular formula is C8H10OSi. The second-order valence-electron chi connectivity index (χ2n) is 1.90. The van der Waals surface area contributed by atoms with Crippen molar-refractivity contribution < 1.29 is 4.43 Å². The van der Waals surface area contributed by atoms with Gasteiger partial charge in [0.15, 0.2) is 0 Å². The second kappa shape index (κ2) is 4.25. The first-order valence-corrected chi connectivity index (χ1v) is 4.27. The van der Waals surface area contributed by atoms with Crippen LogP contribution in [0.3, 0.4) is 0 Å². The topological polar surface area (TPSA) is 9.23 Å². The fraction of sp³-hybridized carbons (Fsp3) is 0.250. The molecule has 0 amide bonds. The summed E-state index contributed by atoms with van der Waals surface area (Å²) in [7, 11) is 0.504. The largest absolute Gasteiger partial charge is 0.412 e. The SMILES string of the molecule is CCO[Si]c1ccccc1. The molecule has 1 nitrogen and oxygen atoms in total. The molecule has 2 heteroatoms. The lowest BCUT2D eigenvalue weighted by Crippen LogP contribution is -2.16. The van der Waals surface area contributed by atoms with Crippen LogP contribution in [0.2, 0.25) is 0 Å². The Morgan fingerprint density at radius 1 is 1.30 bits per heavy atom. The van der Waals surface area contributed by atoms with Gasteiger partial charge in [0.25, 0.3) is 9.76 Å². The smallest absolute Gasteiger partial charge is 0.268 e. The van der Waals surface area contributed by atoms with E-state index in [1.807, 2.05) is 25.1 Å². The van der Waals surface area contributed by atoms with E-state index >= 15 is 0 Å². The van der Waals surface area contributed by atoms with Gasteiger partial charge in [-0.1, -0.05) is 30.3 Å². The van der Waals surface area contributed by atoms with Crippen molar-refractivity contribution >= 4 is 14.9 Å². The Labute approximate surface area is 64.0 Å². The maximum Gasteiger partial charge on any atom is 0.268 e. The highest BCUT2D eigenvalue weighted by molar-refractivity contribution is 6.46. The monoisotopic (exact) mass is 150 g/mol. The highest BCUT2D eigenvalue weighted by Crippen LogP contribution is 1.81. The van der Waals surface area contributed by atoms with Crippen LogP contribution in [0.4, 0.5) is 0 Å². The molecule has 0 spiro atoms. The fourth-order valence-corrected chi connectivity index (χ4v) is 1.30. The van der Waals surface area contributed by atoms with Crippen LogP contribution < -0.4 is 5.19 Å². The van der Waals surface area contributed by atoms with Crippen molar-refractivity contribution in [2.24, 2.45) is 0 Å². The van der Waals surface area contributed by atoms with E-state index in [2.05, 4.69) is 12.1 Å². The zero-order chi connectivity index (χ0) is 7.23. The van der Waals surface area contributed by atoms with Crippen LogP contribution in [-0.2, 0) is 4.43 Å². The average Bonchev–Trinajstić information content (AvgIpc) is 2.03. The molecule has 0 bridgehead atoms. The summed E-state index contributed by atoms with van der Waals surface area (Å²) in [6.45, 7) is 2.81. The van der Waals surface area contributed by atoms with E-state index in [1.165, 1.54) is 5.19 Å². The van der Waals surface area contributed by atoms with Crippen LogP contribution in [0, 0.1) is 0 Å². The molecule has 0 unspecified atom stereocenters. The van der Waals surface area contributed by atoms with Crippen molar-refractivity contribution in [2.45, 2.75) is 6.92 Å². The molecule has 0 saturated carbocycles. The summed E-state index contributed by atoms with van der Waals surface area (Å²) in [6.07, 6.45) is 0. The third-order valence-corrected chi connectivity index (χ3v) is 2.11. The number of hydrogen-bond donors (Lipinski definition) is 0. The van der Waals surface area contributed by atoms with Crippen molar-refractivity contribution in [3.8, 4) is 0 Å². The minimum Gasteiger partial charge on any atom is -0.412 e. The maximum atomic E-state index is 5.25. The van der Waals surface area contributed by atoms with Crippen LogP contribution in [0.15, 0.2) is 30.3 Å². The summed E-state index contributed by atoms with van der Waals surface area (Å²) >= 11 is 0. The zero-order valence-electron chi connectivity index (χ0n) is 6.00. The predicted molar refractivity (Wildman–Crippen MR) is 43.5 cm³/mol. The highest BCUT2D eigenvalue weighted by Gasteiger charge is 1.90. The van der Waals surface area contributed by atoms with Crippen molar-refractivity contribution in [1.82, 2.24) is 0 Å².